The van der Waals surface area contributed by atoms with Crippen LogP contribution in [0.3, 0.4) is 0 Å². The van der Waals surface area contributed by atoms with Crippen molar-refractivity contribution in [3.63, 3.8) is 0 Å². The first-order valence-electron chi connectivity index (χ1n) is 5.35. The number of benzene rings is 1. The third-order valence-corrected chi connectivity index (χ3v) is 4.74. The maximum absolute atomic E-state index is 12.3. The van der Waals surface area contributed by atoms with Crippen LogP contribution in [0.15, 0.2) is 58.5 Å². The van der Waals surface area contributed by atoms with Crippen molar-refractivity contribution >= 4 is 9.84 Å². The minimum atomic E-state index is -3.42. The van der Waals surface area contributed by atoms with Gasteiger partial charge in [-0.25, -0.2) is 8.42 Å². The van der Waals surface area contributed by atoms with E-state index >= 15 is 0 Å². The van der Waals surface area contributed by atoms with Gasteiger partial charge in [-0.2, -0.15) is 0 Å². The molecule has 1 aromatic rings. The van der Waals surface area contributed by atoms with E-state index < -0.39 is 9.84 Å². The van der Waals surface area contributed by atoms with E-state index in [1.54, 1.807) is 43.3 Å². The predicted octanol–water partition coefficient (Wildman–Crippen LogP) is 2.67. The number of hydrogen-bond acceptors (Lipinski definition) is 3. The van der Waals surface area contributed by atoms with Gasteiger partial charge in [-0.15, -0.1) is 0 Å². The molecule has 0 saturated heterocycles. The Balaban J connectivity index is 2.42. The fraction of sp³-hybridized carbons (Fsp3) is 0.231. The zero-order chi connectivity index (χ0) is 12.5. The van der Waals surface area contributed by atoms with E-state index in [9.17, 15) is 8.42 Å². The van der Waals surface area contributed by atoms with Crippen molar-refractivity contribution < 1.29 is 13.2 Å². The van der Waals surface area contributed by atoms with Crippen LogP contribution in [0.4, 0.5) is 0 Å². The van der Waals surface area contributed by atoms with E-state index in [4.69, 9.17) is 4.74 Å². The van der Waals surface area contributed by atoms with Gasteiger partial charge in [0, 0.05) is 6.42 Å². The second-order valence-corrected chi connectivity index (χ2v) is 5.86. The molecular weight excluding hydrogens is 236 g/mol. The molecule has 1 heterocycles. The summed E-state index contributed by atoms with van der Waals surface area (Å²) in [5.41, 5.74) is 0. The van der Waals surface area contributed by atoms with Crippen LogP contribution in [0.25, 0.3) is 0 Å². The highest BCUT2D eigenvalue weighted by molar-refractivity contribution is 7.95. The van der Waals surface area contributed by atoms with Crippen LogP contribution in [-0.2, 0) is 14.6 Å². The quantitative estimate of drug-likeness (QED) is 0.775. The van der Waals surface area contributed by atoms with Crippen molar-refractivity contribution in [2.45, 2.75) is 24.3 Å². The van der Waals surface area contributed by atoms with Gasteiger partial charge in [0.25, 0.3) is 0 Å². The molecule has 0 amide bonds. The van der Waals surface area contributed by atoms with Gasteiger partial charge in [-0.1, -0.05) is 30.9 Å². The summed E-state index contributed by atoms with van der Waals surface area (Å²) in [5.74, 6) is 0.471. The van der Waals surface area contributed by atoms with Crippen molar-refractivity contribution in [3.05, 3.63) is 53.7 Å². The Morgan fingerprint density at radius 1 is 1.35 bits per heavy atom. The van der Waals surface area contributed by atoms with Gasteiger partial charge in [-0.05, 0) is 19.1 Å². The molecule has 0 aromatic heterocycles. The molecule has 1 aliphatic rings. The molecule has 0 N–H and O–H groups in total. The average Bonchev–Trinajstić information content (AvgIpc) is 2.72. The lowest BCUT2D eigenvalue weighted by atomic mass is 10.3. The average molecular weight is 250 g/mol. The summed E-state index contributed by atoms with van der Waals surface area (Å²) in [4.78, 5) is 0.663. The fourth-order valence-electron chi connectivity index (χ4n) is 1.83. The highest BCUT2D eigenvalue weighted by Gasteiger charge is 2.31. The molecular formula is C13H14O3S. The largest absolute Gasteiger partial charge is 0.490 e. The Morgan fingerprint density at radius 3 is 2.53 bits per heavy atom. The molecule has 1 unspecified atom stereocenters. The summed E-state index contributed by atoms with van der Waals surface area (Å²) in [7, 11) is -3.42. The molecule has 4 heteroatoms. The van der Waals surface area contributed by atoms with E-state index in [-0.39, 0.29) is 6.10 Å². The van der Waals surface area contributed by atoms with E-state index in [1.807, 2.05) is 0 Å². The van der Waals surface area contributed by atoms with E-state index in [1.165, 1.54) is 0 Å². The summed E-state index contributed by atoms with van der Waals surface area (Å²) in [6.07, 6.45) is 1.76. The Kier molecular flexibility index (Phi) is 3.07. The van der Waals surface area contributed by atoms with Gasteiger partial charge >= 0.3 is 0 Å². The zero-order valence-electron chi connectivity index (χ0n) is 9.59. The van der Waals surface area contributed by atoms with Crippen LogP contribution in [0.2, 0.25) is 0 Å². The second kappa shape index (κ2) is 4.37. The molecule has 1 aliphatic heterocycles. The summed E-state index contributed by atoms with van der Waals surface area (Å²) in [5, 5.41) is 0. The lowest BCUT2D eigenvalue weighted by Gasteiger charge is -2.04. The first kappa shape index (κ1) is 11.9. The van der Waals surface area contributed by atoms with E-state index in [2.05, 4.69) is 6.58 Å². The molecule has 90 valence electrons. The van der Waals surface area contributed by atoms with Gasteiger partial charge in [-0.3, -0.25) is 0 Å². The molecule has 1 aromatic carbocycles. The first-order chi connectivity index (χ1) is 8.05. The van der Waals surface area contributed by atoms with Crippen molar-refractivity contribution in [2.24, 2.45) is 0 Å². The third-order valence-electron chi connectivity index (χ3n) is 2.75. The van der Waals surface area contributed by atoms with Crippen molar-refractivity contribution in [3.8, 4) is 0 Å². The predicted molar refractivity (Wildman–Crippen MR) is 66.0 cm³/mol. The van der Waals surface area contributed by atoms with Gasteiger partial charge in [0.05, 0.1) is 9.80 Å². The molecule has 2 rings (SSSR count). The third kappa shape index (κ3) is 2.13. The van der Waals surface area contributed by atoms with Gasteiger partial charge in [0.1, 0.15) is 11.9 Å². The fourth-order valence-corrected chi connectivity index (χ4v) is 3.44. The summed E-state index contributed by atoms with van der Waals surface area (Å²) >= 11 is 0. The normalized spacial score (nSPS) is 20.2. The number of sulfone groups is 1. The molecule has 0 saturated carbocycles. The Morgan fingerprint density at radius 2 is 2.00 bits per heavy atom. The number of rotatable bonds is 3. The molecule has 0 aliphatic carbocycles. The van der Waals surface area contributed by atoms with Gasteiger partial charge < -0.3 is 4.74 Å². The maximum Gasteiger partial charge on any atom is 0.206 e. The smallest absolute Gasteiger partial charge is 0.206 e. The molecule has 0 spiro atoms. The lowest BCUT2D eigenvalue weighted by molar-refractivity contribution is 0.185. The minimum Gasteiger partial charge on any atom is -0.490 e. The van der Waals surface area contributed by atoms with Crippen molar-refractivity contribution in [1.82, 2.24) is 0 Å². The van der Waals surface area contributed by atoms with Gasteiger partial charge in [0.2, 0.25) is 9.84 Å². The lowest BCUT2D eigenvalue weighted by Crippen LogP contribution is -2.06. The van der Waals surface area contributed by atoms with Crippen molar-refractivity contribution in [1.29, 1.82) is 0 Å². The number of hydrogen-bond donors (Lipinski definition) is 0. The monoisotopic (exact) mass is 250 g/mol. The van der Waals surface area contributed by atoms with Crippen LogP contribution in [-0.4, -0.2) is 14.5 Å². The van der Waals surface area contributed by atoms with Crippen molar-refractivity contribution in [2.75, 3.05) is 0 Å². The summed E-state index contributed by atoms with van der Waals surface area (Å²) in [6.45, 7) is 5.30. The topological polar surface area (TPSA) is 43.4 Å². The van der Waals surface area contributed by atoms with Crippen LogP contribution < -0.4 is 0 Å². The van der Waals surface area contributed by atoms with E-state index in [0.29, 0.717) is 22.0 Å². The molecule has 0 radical (unpaired) electrons. The molecule has 17 heavy (non-hydrogen) atoms. The SMILES string of the molecule is C=CC1CC(S(=O)(=O)c2ccccc2)=C(C)O1. The maximum atomic E-state index is 12.3. The Hall–Kier alpha value is -1.55. The molecule has 3 nitrogen and oxygen atoms in total. The molecule has 0 bridgehead atoms. The Bertz CT molecular complexity index is 556. The number of allylic oxidation sites excluding steroid dienone is 1. The standard InChI is InChI=1S/C13H14O3S/c1-3-11-9-13(10(2)16-11)17(14,15)12-7-5-4-6-8-12/h3-8,11H,1,9H2,2H3. The minimum absolute atomic E-state index is 0.233. The van der Waals surface area contributed by atoms with Crippen LogP contribution in [0.5, 0.6) is 0 Å². The highest BCUT2D eigenvalue weighted by atomic mass is 32.2. The zero-order valence-corrected chi connectivity index (χ0v) is 10.4. The summed E-state index contributed by atoms with van der Waals surface area (Å²) in [6, 6.07) is 8.40. The Labute approximate surface area is 101 Å². The van der Waals surface area contributed by atoms with E-state index in [0.717, 1.165) is 0 Å². The molecule has 0 fully saturated rings. The highest BCUT2D eigenvalue weighted by Crippen LogP contribution is 2.33. The first-order valence-corrected chi connectivity index (χ1v) is 6.83. The second-order valence-electron chi connectivity index (χ2n) is 3.89. The van der Waals surface area contributed by atoms with Gasteiger partial charge in [0.15, 0.2) is 0 Å². The summed E-state index contributed by atoms with van der Waals surface area (Å²) < 4.78 is 30.1. The van der Waals surface area contributed by atoms with Crippen LogP contribution >= 0.6 is 0 Å². The number of ether oxygens (including phenoxy) is 1. The van der Waals surface area contributed by atoms with Crippen LogP contribution in [0, 0.1) is 0 Å². The molecule has 1 atom stereocenters. The van der Waals surface area contributed by atoms with Crippen LogP contribution in [0.1, 0.15) is 13.3 Å².